The van der Waals surface area contributed by atoms with E-state index in [9.17, 15) is 4.79 Å². The zero-order valence-electron chi connectivity index (χ0n) is 19.9. The van der Waals surface area contributed by atoms with Crippen molar-refractivity contribution < 1.29 is 4.79 Å². The number of carbonyl (C=O) groups is 1. The molecular formula is C27H48N2O. The van der Waals surface area contributed by atoms with E-state index in [2.05, 4.69) is 30.5 Å². The highest BCUT2D eigenvalue weighted by atomic mass is 16.2. The number of rotatable bonds is 19. The van der Waals surface area contributed by atoms with Gasteiger partial charge in [-0.3, -0.25) is 0 Å². The second-order valence-electron chi connectivity index (χ2n) is 8.69. The Labute approximate surface area is 186 Å². The average molecular weight is 417 g/mol. The molecule has 1 rings (SSSR count). The molecule has 0 aromatic heterocycles. The van der Waals surface area contributed by atoms with Crippen LogP contribution in [0.5, 0.6) is 0 Å². The van der Waals surface area contributed by atoms with Crippen molar-refractivity contribution in [1.82, 2.24) is 5.32 Å². The summed E-state index contributed by atoms with van der Waals surface area (Å²) in [6.07, 6.45) is 22.9. The number of aryl methyl sites for hydroxylation is 1. The first-order chi connectivity index (χ1) is 14.8. The van der Waals surface area contributed by atoms with E-state index in [4.69, 9.17) is 0 Å². The van der Waals surface area contributed by atoms with Gasteiger partial charge < -0.3 is 10.6 Å². The van der Waals surface area contributed by atoms with E-state index in [0.717, 1.165) is 25.1 Å². The first kappa shape index (κ1) is 26.5. The van der Waals surface area contributed by atoms with Crippen molar-refractivity contribution in [3.63, 3.8) is 0 Å². The Kier molecular flexibility index (Phi) is 17.2. The van der Waals surface area contributed by atoms with Crippen LogP contribution in [0.4, 0.5) is 10.5 Å². The Morgan fingerprint density at radius 2 is 1.13 bits per heavy atom. The second-order valence-corrected chi connectivity index (χ2v) is 8.69. The van der Waals surface area contributed by atoms with Crippen LogP contribution in [0.2, 0.25) is 0 Å². The van der Waals surface area contributed by atoms with Crippen LogP contribution >= 0.6 is 0 Å². The maximum absolute atomic E-state index is 12.0. The van der Waals surface area contributed by atoms with Crippen molar-refractivity contribution in [3.05, 3.63) is 29.8 Å². The summed E-state index contributed by atoms with van der Waals surface area (Å²) in [6.45, 7) is 5.15. The Bertz CT molecular complexity index is 529. The van der Waals surface area contributed by atoms with Crippen LogP contribution in [0.1, 0.15) is 122 Å². The molecule has 0 unspecified atom stereocenters. The van der Waals surface area contributed by atoms with Gasteiger partial charge in [0, 0.05) is 12.2 Å². The molecule has 0 saturated carbocycles. The van der Waals surface area contributed by atoms with E-state index in [1.807, 2.05) is 18.2 Å². The van der Waals surface area contributed by atoms with Crippen molar-refractivity contribution in [2.45, 2.75) is 123 Å². The van der Waals surface area contributed by atoms with Crippen LogP contribution in [0.3, 0.4) is 0 Å². The molecule has 0 bridgehead atoms. The standard InChI is InChI=1S/C27H48N2O/c1-3-5-6-7-8-9-10-11-12-13-14-15-16-17-18-21-24-28-27(30)29-26-23-20-19-22-25(26)4-2/h19-20,22-23H,3-18,21,24H2,1-2H3,(H2,28,29,30). The third-order valence-electron chi connectivity index (χ3n) is 5.96. The Hall–Kier alpha value is -1.51. The zero-order valence-corrected chi connectivity index (χ0v) is 19.9. The molecule has 0 aliphatic rings. The predicted molar refractivity (Wildman–Crippen MR) is 132 cm³/mol. The lowest BCUT2D eigenvalue weighted by molar-refractivity contribution is 0.252. The fourth-order valence-corrected chi connectivity index (χ4v) is 3.99. The molecule has 172 valence electrons. The van der Waals surface area contributed by atoms with Crippen molar-refractivity contribution in [1.29, 1.82) is 0 Å². The van der Waals surface area contributed by atoms with E-state index in [1.54, 1.807) is 0 Å². The normalized spacial score (nSPS) is 10.9. The summed E-state index contributed by atoms with van der Waals surface area (Å²) in [7, 11) is 0. The fourth-order valence-electron chi connectivity index (χ4n) is 3.99. The van der Waals surface area contributed by atoms with E-state index >= 15 is 0 Å². The smallest absolute Gasteiger partial charge is 0.319 e. The van der Waals surface area contributed by atoms with E-state index in [0.29, 0.717) is 0 Å². The van der Waals surface area contributed by atoms with Crippen LogP contribution in [0.25, 0.3) is 0 Å². The van der Waals surface area contributed by atoms with Gasteiger partial charge in [0.05, 0.1) is 0 Å². The van der Waals surface area contributed by atoms with Gasteiger partial charge in [-0.25, -0.2) is 4.79 Å². The molecule has 3 nitrogen and oxygen atoms in total. The maximum Gasteiger partial charge on any atom is 0.319 e. The number of amides is 2. The predicted octanol–water partition coefficient (Wildman–Crippen LogP) is 8.63. The minimum absolute atomic E-state index is 0.0862. The molecule has 0 spiro atoms. The molecule has 1 aromatic rings. The molecule has 2 N–H and O–H groups in total. The van der Waals surface area contributed by atoms with Gasteiger partial charge >= 0.3 is 6.03 Å². The summed E-state index contributed by atoms with van der Waals surface area (Å²) in [5.74, 6) is 0. The van der Waals surface area contributed by atoms with Gasteiger partial charge in [0.15, 0.2) is 0 Å². The summed E-state index contributed by atoms with van der Waals surface area (Å²) < 4.78 is 0. The third-order valence-corrected chi connectivity index (χ3v) is 5.96. The number of urea groups is 1. The van der Waals surface area contributed by atoms with Crippen LogP contribution in [0.15, 0.2) is 24.3 Å². The molecule has 3 heteroatoms. The number of carbonyl (C=O) groups excluding carboxylic acids is 1. The summed E-state index contributed by atoms with van der Waals surface area (Å²) in [6, 6.07) is 7.91. The fraction of sp³-hybridized carbons (Fsp3) is 0.741. The highest BCUT2D eigenvalue weighted by molar-refractivity contribution is 5.90. The summed E-state index contributed by atoms with van der Waals surface area (Å²) >= 11 is 0. The number of hydrogen-bond acceptors (Lipinski definition) is 1. The summed E-state index contributed by atoms with van der Waals surface area (Å²) in [4.78, 5) is 12.0. The van der Waals surface area contributed by atoms with E-state index in [-0.39, 0.29) is 6.03 Å². The van der Waals surface area contributed by atoms with Gasteiger partial charge in [0.2, 0.25) is 0 Å². The number of anilines is 1. The zero-order chi connectivity index (χ0) is 21.7. The quantitative estimate of drug-likeness (QED) is 0.218. The van der Waals surface area contributed by atoms with Crippen molar-refractivity contribution in [2.24, 2.45) is 0 Å². The summed E-state index contributed by atoms with van der Waals surface area (Å²) in [5, 5.41) is 5.95. The molecule has 2 amide bonds. The number of para-hydroxylation sites is 1. The number of hydrogen-bond donors (Lipinski definition) is 2. The molecule has 1 aromatic carbocycles. The van der Waals surface area contributed by atoms with Crippen molar-refractivity contribution >= 4 is 11.7 Å². The number of unbranched alkanes of at least 4 members (excludes halogenated alkanes) is 15. The van der Waals surface area contributed by atoms with Gasteiger partial charge in [-0.1, -0.05) is 128 Å². The molecule has 0 radical (unpaired) electrons. The largest absolute Gasteiger partial charge is 0.338 e. The monoisotopic (exact) mass is 416 g/mol. The van der Waals surface area contributed by atoms with Gasteiger partial charge in [0.1, 0.15) is 0 Å². The summed E-state index contributed by atoms with van der Waals surface area (Å²) in [5.41, 5.74) is 2.10. The van der Waals surface area contributed by atoms with E-state index in [1.165, 1.54) is 102 Å². The first-order valence-corrected chi connectivity index (χ1v) is 12.9. The Morgan fingerprint density at radius 3 is 1.63 bits per heavy atom. The SMILES string of the molecule is CCCCCCCCCCCCCCCCCCNC(=O)Nc1ccccc1CC. The van der Waals surface area contributed by atoms with Crippen LogP contribution in [-0.4, -0.2) is 12.6 Å². The first-order valence-electron chi connectivity index (χ1n) is 12.9. The number of nitrogens with one attached hydrogen (secondary N) is 2. The molecule has 0 fully saturated rings. The molecule has 0 heterocycles. The highest BCUT2D eigenvalue weighted by Crippen LogP contribution is 2.15. The van der Waals surface area contributed by atoms with Crippen LogP contribution in [0, 0.1) is 0 Å². The topological polar surface area (TPSA) is 41.1 Å². The van der Waals surface area contributed by atoms with Gasteiger partial charge in [0.25, 0.3) is 0 Å². The van der Waals surface area contributed by atoms with Gasteiger partial charge in [-0.15, -0.1) is 0 Å². The van der Waals surface area contributed by atoms with Crippen molar-refractivity contribution in [3.8, 4) is 0 Å². The Balaban J connectivity index is 1.83. The Morgan fingerprint density at radius 1 is 0.667 bits per heavy atom. The third kappa shape index (κ3) is 14.5. The lowest BCUT2D eigenvalue weighted by atomic mass is 10.0. The lowest BCUT2D eigenvalue weighted by Gasteiger charge is -2.10. The second kappa shape index (κ2) is 19.5. The minimum atomic E-state index is -0.0862. The van der Waals surface area contributed by atoms with Crippen molar-refractivity contribution in [2.75, 3.05) is 11.9 Å². The molecule has 0 aliphatic heterocycles. The number of benzene rings is 1. The molecule has 0 atom stereocenters. The highest BCUT2D eigenvalue weighted by Gasteiger charge is 2.04. The molecule has 0 aliphatic carbocycles. The van der Waals surface area contributed by atoms with Gasteiger partial charge in [-0.2, -0.15) is 0 Å². The molecule has 30 heavy (non-hydrogen) atoms. The molecular weight excluding hydrogens is 368 g/mol. The van der Waals surface area contributed by atoms with Crippen LogP contribution < -0.4 is 10.6 Å². The van der Waals surface area contributed by atoms with Crippen LogP contribution in [-0.2, 0) is 6.42 Å². The van der Waals surface area contributed by atoms with Gasteiger partial charge in [-0.05, 0) is 24.5 Å². The molecule has 0 saturated heterocycles. The maximum atomic E-state index is 12.0. The minimum Gasteiger partial charge on any atom is -0.338 e. The lowest BCUT2D eigenvalue weighted by Crippen LogP contribution is -2.29. The van der Waals surface area contributed by atoms with E-state index < -0.39 is 0 Å². The average Bonchev–Trinajstić information content (AvgIpc) is 2.76.